The molecule has 2 nitrogen and oxygen atoms in total. The Balaban J connectivity index is 3.05. The average Bonchev–Trinajstić information content (AvgIpc) is 1.86. The van der Waals surface area contributed by atoms with Crippen LogP contribution in [0.2, 0.25) is 0 Å². The molecule has 0 spiro atoms. The van der Waals surface area contributed by atoms with E-state index in [2.05, 4.69) is 4.98 Å². The van der Waals surface area contributed by atoms with Crippen LogP contribution in [0.25, 0.3) is 0 Å². The molecule has 0 aliphatic rings. The Morgan fingerprint density at radius 3 is 2.67 bits per heavy atom. The molecule has 1 rings (SSSR count). The summed E-state index contributed by atoms with van der Waals surface area (Å²) in [5.41, 5.74) is 0. The summed E-state index contributed by atoms with van der Waals surface area (Å²) in [4.78, 5) is 2.44. The molecule has 1 N–H and O–H groups in total. The number of aromatic amines is 1. The van der Waals surface area contributed by atoms with E-state index in [0.29, 0.717) is 0 Å². The van der Waals surface area contributed by atoms with Crippen LogP contribution in [0.3, 0.4) is 0 Å². The Bertz CT molecular complexity index is 111. The van der Waals surface area contributed by atoms with E-state index in [1.54, 1.807) is 12.3 Å². The molecule has 0 atom stereocenters. The van der Waals surface area contributed by atoms with Gasteiger partial charge in [-0.25, -0.2) is 0 Å². The highest BCUT2D eigenvalue weighted by Crippen LogP contribution is 1.99. The standard InChI is InChI=1S/C4H4NO/c6-4-2-1-3-5-4/h1-3,5H. The van der Waals surface area contributed by atoms with E-state index < -0.39 is 0 Å². The lowest BCUT2D eigenvalue weighted by Gasteiger charge is -1.63. The van der Waals surface area contributed by atoms with Crippen LogP contribution in [0.1, 0.15) is 0 Å². The fourth-order valence-corrected chi connectivity index (χ4v) is 0.314. The Kier molecular flexibility index (Phi) is 0.572. The molecule has 1 radical (unpaired) electrons. The first kappa shape index (κ1) is 3.28. The quantitative estimate of drug-likeness (QED) is 0.487. The van der Waals surface area contributed by atoms with Crippen molar-refractivity contribution in [2.75, 3.05) is 0 Å². The molecule has 0 saturated carbocycles. The smallest absolute Gasteiger partial charge is 0.247 e. The topological polar surface area (TPSA) is 35.7 Å². The van der Waals surface area contributed by atoms with E-state index in [0.717, 1.165) is 0 Å². The lowest BCUT2D eigenvalue weighted by Crippen LogP contribution is -1.48. The third-order valence-corrected chi connectivity index (χ3v) is 0.569. The number of nitrogens with one attached hydrogen (secondary N) is 1. The van der Waals surface area contributed by atoms with Crippen LogP contribution in [0.5, 0.6) is 5.88 Å². The van der Waals surface area contributed by atoms with Gasteiger partial charge in [-0.15, -0.1) is 0 Å². The average molecular weight is 82.1 g/mol. The van der Waals surface area contributed by atoms with Crippen molar-refractivity contribution in [3.8, 4) is 5.88 Å². The molecule has 0 bridgehead atoms. The molecule has 0 aliphatic heterocycles. The van der Waals surface area contributed by atoms with E-state index in [1.807, 2.05) is 0 Å². The monoisotopic (exact) mass is 82.0 g/mol. The fourth-order valence-electron chi connectivity index (χ4n) is 0.314. The van der Waals surface area contributed by atoms with Gasteiger partial charge in [0.1, 0.15) is 0 Å². The lowest BCUT2D eigenvalue weighted by molar-refractivity contribution is 0.340. The van der Waals surface area contributed by atoms with Crippen molar-refractivity contribution in [2.45, 2.75) is 0 Å². The van der Waals surface area contributed by atoms with Crippen molar-refractivity contribution < 1.29 is 5.11 Å². The normalized spacial score (nSPS) is 8.67. The van der Waals surface area contributed by atoms with Gasteiger partial charge in [-0.1, -0.05) is 0 Å². The van der Waals surface area contributed by atoms with Crippen LogP contribution in [0, 0.1) is 0 Å². The molecule has 0 amide bonds. The minimum atomic E-state index is -0.0324. The third-order valence-electron chi connectivity index (χ3n) is 0.569. The van der Waals surface area contributed by atoms with E-state index in [1.165, 1.54) is 6.07 Å². The van der Waals surface area contributed by atoms with Crippen LogP contribution >= 0.6 is 0 Å². The van der Waals surface area contributed by atoms with Gasteiger partial charge in [0.2, 0.25) is 5.88 Å². The van der Waals surface area contributed by atoms with Crippen LogP contribution in [-0.4, -0.2) is 4.98 Å². The molecular weight excluding hydrogens is 78.0 g/mol. The largest absolute Gasteiger partial charge is 0.329 e. The molecule has 6 heavy (non-hydrogen) atoms. The van der Waals surface area contributed by atoms with Crippen molar-refractivity contribution >= 4 is 0 Å². The number of H-pyrrole nitrogens is 1. The summed E-state index contributed by atoms with van der Waals surface area (Å²) in [6, 6.07) is 3.14. The first-order valence-electron chi connectivity index (χ1n) is 1.70. The first-order chi connectivity index (χ1) is 2.89. The van der Waals surface area contributed by atoms with E-state index in [-0.39, 0.29) is 5.88 Å². The van der Waals surface area contributed by atoms with Crippen LogP contribution < -0.4 is 0 Å². The predicted octanol–water partition coefficient (Wildman–Crippen LogP) is 1.16. The van der Waals surface area contributed by atoms with E-state index in [4.69, 9.17) is 0 Å². The zero-order chi connectivity index (χ0) is 4.41. The van der Waals surface area contributed by atoms with Gasteiger partial charge < -0.3 is 4.98 Å². The third kappa shape index (κ3) is 0.360. The van der Waals surface area contributed by atoms with Gasteiger partial charge in [0.15, 0.2) is 0 Å². The second-order valence-corrected chi connectivity index (χ2v) is 1.03. The number of hydrogen-bond donors (Lipinski definition) is 1. The van der Waals surface area contributed by atoms with Crippen molar-refractivity contribution in [1.29, 1.82) is 0 Å². The van der Waals surface area contributed by atoms with Gasteiger partial charge in [0, 0.05) is 12.3 Å². The summed E-state index contributed by atoms with van der Waals surface area (Å²) in [7, 11) is 0. The summed E-state index contributed by atoms with van der Waals surface area (Å²) < 4.78 is 0. The molecule has 0 saturated heterocycles. The molecule has 0 unspecified atom stereocenters. The molecule has 2 heteroatoms. The van der Waals surface area contributed by atoms with Crippen molar-refractivity contribution in [1.82, 2.24) is 4.98 Å². The minimum absolute atomic E-state index is 0.0324. The fraction of sp³-hybridized carbons (Fsp3) is 0. The summed E-state index contributed by atoms with van der Waals surface area (Å²) in [5, 5.41) is 10.0. The summed E-state index contributed by atoms with van der Waals surface area (Å²) in [5.74, 6) is -0.0324. The molecule has 1 aromatic rings. The van der Waals surface area contributed by atoms with Gasteiger partial charge in [0.25, 0.3) is 0 Å². The Morgan fingerprint density at radius 2 is 2.50 bits per heavy atom. The van der Waals surface area contributed by atoms with Crippen molar-refractivity contribution in [3.63, 3.8) is 0 Å². The zero-order valence-corrected chi connectivity index (χ0v) is 3.14. The molecule has 31 valence electrons. The molecule has 1 heterocycles. The number of aromatic nitrogens is 1. The minimum Gasteiger partial charge on any atom is -0.329 e. The van der Waals surface area contributed by atoms with Gasteiger partial charge >= 0.3 is 0 Å². The Labute approximate surface area is 35.4 Å². The van der Waals surface area contributed by atoms with Crippen molar-refractivity contribution in [2.24, 2.45) is 0 Å². The molecule has 0 aromatic carbocycles. The number of rotatable bonds is 0. The highest BCUT2D eigenvalue weighted by molar-refractivity contribution is 5.06. The van der Waals surface area contributed by atoms with Gasteiger partial charge in [0.05, 0.1) is 0 Å². The van der Waals surface area contributed by atoms with Gasteiger partial charge in [-0.05, 0) is 6.07 Å². The SMILES string of the molecule is [O]c1ccc[nH]1. The van der Waals surface area contributed by atoms with Gasteiger partial charge in [-0.2, -0.15) is 0 Å². The predicted molar refractivity (Wildman–Crippen MR) is 20.9 cm³/mol. The second kappa shape index (κ2) is 1.05. The maximum absolute atomic E-state index is 10.0. The molecular formula is C4H4NO. The maximum atomic E-state index is 10.0. The van der Waals surface area contributed by atoms with Crippen LogP contribution in [0.15, 0.2) is 18.3 Å². The second-order valence-electron chi connectivity index (χ2n) is 1.03. The first-order valence-corrected chi connectivity index (χ1v) is 1.70. The van der Waals surface area contributed by atoms with Crippen LogP contribution in [-0.2, 0) is 5.11 Å². The molecule has 1 aromatic heterocycles. The highest BCUT2D eigenvalue weighted by atomic mass is 16.3. The maximum Gasteiger partial charge on any atom is 0.247 e. The molecule has 0 aliphatic carbocycles. The highest BCUT2D eigenvalue weighted by Gasteiger charge is 1.79. The molecule has 0 fully saturated rings. The number of hydrogen-bond acceptors (Lipinski definition) is 0. The lowest BCUT2D eigenvalue weighted by atomic mass is 10.7. The summed E-state index contributed by atoms with van der Waals surface area (Å²) >= 11 is 0. The van der Waals surface area contributed by atoms with Crippen molar-refractivity contribution in [3.05, 3.63) is 18.3 Å². The van der Waals surface area contributed by atoms with Gasteiger partial charge in [-0.3, -0.25) is 5.11 Å². The van der Waals surface area contributed by atoms with Crippen LogP contribution in [0.4, 0.5) is 0 Å². The zero-order valence-electron chi connectivity index (χ0n) is 3.14. The summed E-state index contributed by atoms with van der Waals surface area (Å²) in [6.07, 6.45) is 1.60. The van der Waals surface area contributed by atoms with E-state index in [9.17, 15) is 5.11 Å². The Hall–Kier alpha value is -0.920. The van der Waals surface area contributed by atoms with E-state index >= 15 is 0 Å². The Morgan fingerprint density at radius 1 is 1.67 bits per heavy atom. The summed E-state index contributed by atoms with van der Waals surface area (Å²) in [6.45, 7) is 0.